The summed E-state index contributed by atoms with van der Waals surface area (Å²) >= 11 is 1.59. The number of fused-ring (bicyclic) bond motifs is 1. The smallest absolute Gasteiger partial charge is 0.251 e. The molecule has 3 atom stereocenters. The number of primary amides is 1. The summed E-state index contributed by atoms with van der Waals surface area (Å²) in [6.45, 7) is 4.42. The number of anilines is 1. The molecule has 1 aromatic carbocycles. The van der Waals surface area contributed by atoms with E-state index >= 15 is 0 Å². The van der Waals surface area contributed by atoms with Gasteiger partial charge in [-0.25, -0.2) is 4.98 Å². The maximum Gasteiger partial charge on any atom is 0.251 e. The first kappa shape index (κ1) is 17.9. The highest BCUT2D eigenvalue weighted by molar-refractivity contribution is 7.22. The summed E-state index contributed by atoms with van der Waals surface area (Å²) in [7, 11) is 0. The fourth-order valence-corrected chi connectivity index (χ4v) is 4.94. The minimum atomic E-state index is -0.443. The third-order valence-corrected chi connectivity index (χ3v) is 6.48. The second-order valence-corrected chi connectivity index (χ2v) is 8.34. The van der Waals surface area contributed by atoms with Gasteiger partial charge in [0.05, 0.1) is 10.3 Å². The third kappa shape index (κ3) is 3.55. The van der Waals surface area contributed by atoms with Crippen LogP contribution in [0.1, 0.15) is 37.0 Å². The van der Waals surface area contributed by atoms with Crippen LogP contribution in [0.15, 0.2) is 42.6 Å². The zero-order chi connectivity index (χ0) is 19.0. The first-order chi connectivity index (χ1) is 13.0. The van der Waals surface area contributed by atoms with Crippen molar-refractivity contribution in [2.24, 2.45) is 5.73 Å². The molecule has 1 aliphatic heterocycles. The van der Waals surface area contributed by atoms with Crippen molar-refractivity contribution >= 4 is 33.1 Å². The molecule has 3 heterocycles. The molecule has 4 N–H and O–H groups in total. The van der Waals surface area contributed by atoms with Gasteiger partial charge in [0.15, 0.2) is 0 Å². The maximum absolute atomic E-state index is 11.9. The Hall–Kier alpha value is -2.44. The van der Waals surface area contributed by atoms with Crippen molar-refractivity contribution in [2.45, 2.75) is 44.8 Å². The van der Waals surface area contributed by atoms with Crippen molar-refractivity contribution in [2.75, 3.05) is 5.32 Å². The number of nitrogens with zero attached hydrogens (tertiary/aromatic N) is 1. The Balaban J connectivity index is 1.76. The van der Waals surface area contributed by atoms with Crippen LogP contribution in [0.25, 0.3) is 20.5 Å². The van der Waals surface area contributed by atoms with Gasteiger partial charge in [0.2, 0.25) is 0 Å². The average molecular weight is 381 g/mol. The fourth-order valence-electron chi connectivity index (χ4n) is 3.76. The zero-order valence-electron chi connectivity index (χ0n) is 15.5. The number of aromatic nitrogens is 1. The summed E-state index contributed by atoms with van der Waals surface area (Å²) in [6, 6.07) is 13.5. The Bertz CT molecular complexity index is 969. The van der Waals surface area contributed by atoms with Gasteiger partial charge in [0, 0.05) is 34.6 Å². The molecule has 1 saturated heterocycles. The molecule has 0 spiro atoms. The van der Waals surface area contributed by atoms with Crippen LogP contribution < -0.4 is 16.4 Å². The third-order valence-electron chi connectivity index (χ3n) is 5.26. The topological polar surface area (TPSA) is 80.0 Å². The maximum atomic E-state index is 11.9. The summed E-state index contributed by atoms with van der Waals surface area (Å²) in [5.41, 5.74) is 7.20. The predicted octanol–water partition coefficient (Wildman–Crippen LogP) is 4.00. The number of rotatable bonds is 4. The average Bonchev–Trinajstić information content (AvgIpc) is 3.10. The van der Waals surface area contributed by atoms with Gasteiger partial charge in [-0.1, -0.05) is 30.3 Å². The highest BCUT2D eigenvalue weighted by Gasteiger charge is 2.26. The molecule has 1 amide bonds. The molecule has 0 saturated carbocycles. The number of benzene rings is 1. The largest absolute Gasteiger partial charge is 0.366 e. The van der Waals surface area contributed by atoms with E-state index in [9.17, 15) is 4.79 Å². The van der Waals surface area contributed by atoms with Gasteiger partial charge in [-0.15, -0.1) is 11.3 Å². The number of hydrogen-bond donors (Lipinski definition) is 3. The summed E-state index contributed by atoms with van der Waals surface area (Å²) < 4.78 is 0.892. The molecule has 3 aromatic rings. The quantitative estimate of drug-likeness (QED) is 0.639. The number of pyridine rings is 1. The number of nitrogens with one attached hydrogen (secondary N) is 2. The zero-order valence-corrected chi connectivity index (χ0v) is 16.3. The lowest BCUT2D eigenvalue weighted by molar-refractivity contribution is 0.100. The summed E-state index contributed by atoms with van der Waals surface area (Å²) in [4.78, 5) is 17.6. The van der Waals surface area contributed by atoms with Crippen LogP contribution in [0.3, 0.4) is 0 Å². The van der Waals surface area contributed by atoms with Gasteiger partial charge >= 0.3 is 0 Å². The number of carbonyl (C=O) groups excluding carboxylic acids is 1. The normalized spacial score (nSPS) is 22.7. The van der Waals surface area contributed by atoms with E-state index in [-0.39, 0.29) is 0 Å². The number of carbonyl (C=O) groups is 1. The van der Waals surface area contributed by atoms with Crippen LogP contribution in [-0.4, -0.2) is 29.0 Å². The van der Waals surface area contributed by atoms with Crippen molar-refractivity contribution in [1.29, 1.82) is 0 Å². The minimum absolute atomic E-state index is 0.302. The molecule has 5 nitrogen and oxygen atoms in total. The Labute approximate surface area is 163 Å². The predicted molar refractivity (Wildman–Crippen MR) is 112 cm³/mol. The van der Waals surface area contributed by atoms with Gasteiger partial charge in [0.25, 0.3) is 5.91 Å². The SMILES string of the molecule is C[C@@H]1CC[C@H](Nc2ncc(C(N)=O)c3sc(-c4ccccc4)cc23)[C@H](C)N1. The minimum Gasteiger partial charge on any atom is -0.366 e. The Morgan fingerprint density at radius 3 is 2.74 bits per heavy atom. The number of thiophene rings is 1. The molecule has 0 aliphatic carbocycles. The molecule has 0 radical (unpaired) electrons. The Morgan fingerprint density at radius 1 is 1.26 bits per heavy atom. The molecule has 140 valence electrons. The van der Waals surface area contributed by atoms with Crippen molar-refractivity contribution < 1.29 is 4.79 Å². The first-order valence-corrected chi connectivity index (χ1v) is 10.1. The van der Waals surface area contributed by atoms with Crippen LogP contribution in [0, 0.1) is 0 Å². The van der Waals surface area contributed by atoms with E-state index in [1.165, 1.54) is 0 Å². The van der Waals surface area contributed by atoms with Crippen LogP contribution in [-0.2, 0) is 0 Å². The first-order valence-electron chi connectivity index (χ1n) is 9.33. The van der Waals surface area contributed by atoms with Gasteiger partial charge in [-0.3, -0.25) is 4.79 Å². The summed E-state index contributed by atoms with van der Waals surface area (Å²) in [5.74, 6) is 0.378. The van der Waals surface area contributed by atoms with Crippen LogP contribution in [0.2, 0.25) is 0 Å². The van der Waals surface area contributed by atoms with Crippen molar-refractivity contribution in [3.8, 4) is 10.4 Å². The molecule has 1 aliphatic rings. The Kier molecular flexibility index (Phi) is 4.85. The lowest BCUT2D eigenvalue weighted by Gasteiger charge is -2.35. The van der Waals surface area contributed by atoms with E-state index in [1.54, 1.807) is 17.5 Å². The second-order valence-electron chi connectivity index (χ2n) is 7.29. The van der Waals surface area contributed by atoms with Crippen LogP contribution >= 0.6 is 11.3 Å². The van der Waals surface area contributed by atoms with E-state index in [2.05, 4.69) is 47.7 Å². The van der Waals surface area contributed by atoms with E-state index in [0.29, 0.717) is 23.7 Å². The van der Waals surface area contributed by atoms with Gasteiger partial charge in [0.1, 0.15) is 5.82 Å². The molecule has 27 heavy (non-hydrogen) atoms. The molecule has 6 heteroatoms. The van der Waals surface area contributed by atoms with E-state index in [4.69, 9.17) is 5.73 Å². The monoisotopic (exact) mass is 380 g/mol. The fraction of sp³-hybridized carbons (Fsp3) is 0.333. The van der Waals surface area contributed by atoms with Gasteiger partial charge < -0.3 is 16.4 Å². The highest BCUT2D eigenvalue weighted by atomic mass is 32.1. The standard InChI is InChI=1S/C21H24N4OS/c1-12-8-9-17(13(2)24-12)25-21-15-10-18(14-6-4-3-5-7-14)27-19(15)16(11-23-21)20(22)26/h3-7,10-13,17,24H,8-9H2,1-2H3,(H2,22,26)(H,23,25)/t12-,13+,17+/m1/s1. The number of amides is 1. The second kappa shape index (κ2) is 7.29. The van der Waals surface area contributed by atoms with Gasteiger partial charge in [-0.2, -0.15) is 0 Å². The highest BCUT2D eigenvalue weighted by Crippen LogP contribution is 2.38. The number of hydrogen-bond acceptors (Lipinski definition) is 5. The molecule has 0 unspecified atom stereocenters. The summed E-state index contributed by atoms with van der Waals surface area (Å²) in [6.07, 6.45) is 3.82. The molecule has 0 bridgehead atoms. The number of nitrogens with two attached hydrogens (primary N) is 1. The van der Waals surface area contributed by atoms with E-state index < -0.39 is 5.91 Å². The van der Waals surface area contributed by atoms with Crippen LogP contribution in [0.4, 0.5) is 5.82 Å². The Morgan fingerprint density at radius 2 is 2.04 bits per heavy atom. The lowest BCUT2D eigenvalue weighted by Crippen LogP contribution is -2.50. The van der Waals surface area contributed by atoms with Crippen molar-refractivity contribution in [3.05, 3.63) is 48.2 Å². The van der Waals surface area contributed by atoms with E-state index in [0.717, 1.165) is 39.2 Å². The summed E-state index contributed by atoms with van der Waals surface area (Å²) in [5, 5.41) is 8.16. The van der Waals surface area contributed by atoms with Gasteiger partial charge in [-0.05, 0) is 38.3 Å². The lowest BCUT2D eigenvalue weighted by atomic mass is 9.95. The molecular formula is C21H24N4OS. The van der Waals surface area contributed by atoms with Crippen LogP contribution in [0.5, 0.6) is 0 Å². The molecule has 2 aromatic heterocycles. The van der Waals surface area contributed by atoms with Crippen molar-refractivity contribution in [1.82, 2.24) is 10.3 Å². The molecule has 4 rings (SSSR count). The number of piperidine rings is 1. The molecule has 1 fully saturated rings. The molecular weight excluding hydrogens is 356 g/mol. The van der Waals surface area contributed by atoms with Crippen molar-refractivity contribution in [3.63, 3.8) is 0 Å². The van der Waals surface area contributed by atoms with E-state index in [1.807, 2.05) is 18.2 Å².